The third-order valence-corrected chi connectivity index (χ3v) is 3.89. The van der Waals surface area contributed by atoms with Crippen LogP contribution in [0.3, 0.4) is 0 Å². The van der Waals surface area contributed by atoms with Crippen LogP contribution in [0.25, 0.3) is 0 Å². The van der Waals surface area contributed by atoms with E-state index in [0.29, 0.717) is 13.1 Å². The lowest BCUT2D eigenvalue weighted by molar-refractivity contribution is 0.0781. The zero-order valence-electron chi connectivity index (χ0n) is 13.3. The number of hydrogen-bond donors (Lipinski definition) is 3. The normalized spacial score (nSPS) is 13.1. The van der Waals surface area contributed by atoms with Crippen LogP contribution in [-0.2, 0) is 0 Å². The fraction of sp³-hybridized carbons (Fsp3) is 1.00. The summed E-state index contributed by atoms with van der Waals surface area (Å²) >= 11 is 0. The maximum atomic E-state index is 9.44. The molecule has 20 heavy (non-hydrogen) atoms. The predicted molar refractivity (Wildman–Crippen MR) is 83.8 cm³/mol. The molecule has 3 N–H and O–H groups in total. The standard InChI is InChI=1S/C16H35NO3/c1-2-3-4-5-6-7-8-9-10-16(15-20)17(11-13-18)12-14-19/h16,18-20H,2-15H2,1H3. The van der Waals surface area contributed by atoms with Gasteiger partial charge >= 0.3 is 0 Å². The van der Waals surface area contributed by atoms with Gasteiger partial charge in [0.05, 0.1) is 19.8 Å². The molecule has 0 bridgehead atoms. The van der Waals surface area contributed by atoms with E-state index in [9.17, 15) is 5.11 Å². The van der Waals surface area contributed by atoms with Gasteiger partial charge in [-0.2, -0.15) is 0 Å². The van der Waals surface area contributed by atoms with E-state index in [4.69, 9.17) is 10.2 Å². The Balaban J connectivity index is 3.66. The molecule has 0 aliphatic carbocycles. The van der Waals surface area contributed by atoms with Crippen molar-refractivity contribution in [2.24, 2.45) is 0 Å². The van der Waals surface area contributed by atoms with Crippen LogP contribution in [0.1, 0.15) is 64.7 Å². The second-order valence-electron chi connectivity index (χ2n) is 5.58. The lowest BCUT2D eigenvalue weighted by atomic mass is 10.0. The van der Waals surface area contributed by atoms with Crippen molar-refractivity contribution < 1.29 is 15.3 Å². The van der Waals surface area contributed by atoms with Crippen molar-refractivity contribution in [2.45, 2.75) is 70.8 Å². The molecular weight excluding hydrogens is 254 g/mol. The number of unbranched alkanes of at least 4 members (excludes halogenated alkanes) is 7. The van der Waals surface area contributed by atoms with Gasteiger partial charge in [0.2, 0.25) is 0 Å². The lowest BCUT2D eigenvalue weighted by Crippen LogP contribution is -2.41. The van der Waals surface area contributed by atoms with Crippen molar-refractivity contribution in [3.05, 3.63) is 0 Å². The first-order valence-electron chi connectivity index (χ1n) is 8.36. The first-order valence-corrected chi connectivity index (χ1v) is 8.36. The van der Waals surface area contributed by atoms with Crippen LogP contribution < -0.4 is 0 Å². The summed E-state index contributed by atoms with van der Waals surface area (Å²) in [6, 6.07) is 0.0781. The first-order chi connectivity index (χ1) is 9.79. The van der Waals surface area contributed by atoms with E-state index in [2.05, 4.69) is 6.92 Å². The van der Waals surface area contributed by atoms with Crippen molar-refractivity contribution in [1.29, 1.82) is 0 Å². The van der Waals surface area contributed by atoms with Crippen molar-refractivity contribution in [3.63, 3.8) is 0 Å². The SMILES string of the molecule is CCCCCCCCCCC(CO)N(CCO)CCO. The Hall–Kier alpha value is -0.160. The van der Waals surface area contributed by atoms with Gasteiger partial charge in [-0.05, 0) is 6.42 Å². The second kappa shape index (κ2) is 15.2. The molecular formula is C16H35NO3. The van der Waals surface area contributed by atoms with Crippen molar-refractivity contribution in [2.75, 3.05) is 32.9 Å². The molecule has 4 heteroatoms. The van der Waals surface area contributed by atoms with Gasteiger partial charge in [0.1, 0.15) is 0 Å². The molecule has 0 heterocycles. The number of hydrogen-bond acceptors (Lipinski definition) is 4. The largest absolute Gasteiger partial charge is 0.395 e. The molecule has 0 radical (unpaired) electrons. The van der Waals surface area contributed by atoms with Crippen molar-refractivity contribution in [1.82, 2.24) is 4.90 Å². The summed E-state index contributed by atoms with van der Waals surface area (Å²) in [6.45, 7) is 3.56. The summed E-state index contributed by atoms with van der Waals surface area (Å²) < 4.78 is 0. The molecule has 0 amide bonds. The summed E-state index contributed by atoms with van der Waals surface area (Å²) in [6.07, 6.45) is 11.2. The van der Waals surface area contributed by atoms with Gasteiger partial charge in [-0.15, -0.1) is 0 Å². The molecule has 0 aliphatic heterocycles. The summed E-state index contributed by atoms with van der Waals surface area (Å²) in [5.41, 5.74) is 0. The zero-order valence-corrected chi connectivity index (χ0v) is 13.3. The van der Waals surface area contributed by atoms with Crippen LogP contribution in [0.4, 0.5) is 0 Å². The van der Waals surface area contributed by atoms with Gasteiger partial charge in [0.25, 0.3) is 0 Å². The highest BCUT2D eigenvalue weighted by Gasteiger charge is 2.16. The molecule has 4 nitrogen and oxygen atoms in total. The van der Waals surface area contributed by atoms with E-state index in [1.54, 1.807) is 0 Å². The number of aliphatic hydroxyl groups excluding tert-OH is 3. The minimum atomic E-state index is 0.0773. The minimum absolute atomic E-state index is 0.0773. The monoisotopic (exact) mass is 289 g/mol. The van der Waals surface area contributed by atoms with Crippen molar-refractivity contribution in [3.8, 4) is 0 Å². The van der Waals surface area contributed by atoms with Crippen LogP contribution in [-0.4, -0.2) is 59.2 Å². The van der Waals surface area contributed by atoms with Crippen LogP contribution >= 0.6 is 0 Å². The smallest absolute Gasteiger partial charge is 0.0586 e. The molecule has 0 aliphatic rings. The number of aliphatic hydroxyl groups is 3. The zero-order chi connectivity index (χ0) is 15.1. The molecule has 0 saturated carbocycles. The maximum Gasteiger partial charge on any atom is 0.0586 e. The average molecular weight is 289 g/mol. The molecule has 0 fully saturated rings. The quantitative estimate of drug-likeness (QED) is 0.404. The Morgan fingerprint density at radius 3 is 1.70 bits per heavy atom. The highest BCUT2D eigenvalue weighted by atomic mass is 16.3. The van der Waals surface area contributed by atoms with E-state index in [1.165, 1.54) is 44.9 Å². The molecule has 1 unspecified atom stereocenters. The average Bonchev–Trinajstić information content (AvgIpc) is 2.46. The van der Waals surface area contributed by atoms with Crippen LogP contribution in [0.2, 0.25) is 0 Å². The summed E-state index contributed by atoms with van der Waals surface area (Å²) in [5, 5.41) is 27.5. The van der Waals surface area contributed by atoms with Gasteiger partial charge in [-0.1, -0.05) is 58.3 Å². The number of rotatable bonds is 15. The van der Waals surface area contributed by atoms with E-state index in [1.807, 2.05) is 4.90 Å². The summed E-state index contributed by atoms with van der Waals surface area (Å²) in [7, 11) is 0. The Labute approximate surface area is 124 Å². The predicted octanol–water partition coefficient (Wildman–Crippen LogP) is 2.16. The molecule has 1 atom stereocenters. The van der Waals surface area contributed by atoms with E-state index < -0.39 is 0 Å². The maximum absolute atomic E-state index is 9.44. The van der Waals surface area contributed by atoms with Crippen LogP contribution in [0.15, 0.2) is 0 Å². The van der Waals surface area contributed by atoms with Gasteiger partial charge in [-0.25, -0.2) is 0 Å². The van der Waals surface area contributed by atoms with Crippen molar-refractivity contribution >= 4 is 0 Å². The van der Waals surface area contributed by atoms with E-state index >= 15 is 0 Å². The Bertz CT molecular complexity index is 185. The fourth-order valence-corrected chi connectivity index (χ4v) is 2.64. The highest BCUT2D eigenvalue weighted by molar-refractivity contribution is 4.70. The molecule has 0 aromatic heterocycles. The van der Waals surface area contributed by atoms with E-state index in [0.717, 1.165) is 12.8 Å². The highest BCUT2D eigenvalue weighted by Crippen LogP contribution is 2.13. The van der Waals surface area contributed by atoms with Crippen LogP contribution in [0, 0.1) is 0 Å². The third kappa shape index (κ3) is 10.6. The Kier molecular flexibility index (Phi) is 15.1. The Morgan fingerprint density at radius 1 is 0.750 bits per heavy atom. The van der Waals surface area contributed by atoms with E-state index in [-0.39, 0.29) is 25.9 Å². The fourth-order valence-electron chi connectivity index (χ4n) is 2.64. The molecule has 0 spiro atoms. The first kappa shape index (κ1) is 19.8. The third-order valence-electron chi connectivity index (χ3n) is 3.89. The summed E-state index contributed by atoms with van der Waals surface area (Å²) in [4.78, 5) is 1.99. The lowest BCUT2D eigenvalue weighted by Gasteiger charge is -2.29. The topological polar surface area (TPSA) is 63.9 Å². The van der Waals surface area contributed by atoms with Gasteiger partial charge < -0.3 is 15.3 Å². The second-order valence-corrected chi connectivity index (χ2v) is 5.58. The molecule has 0 saturated heterocycles. The molecule has 0 rings (SSSR count). The molecule has 0 aromatic rings. The van der Waals surface area contributed by atoms with Crippen LogP contribution in [0.5, 0.6) is 0 Å². The molecule has 122 valence electrons. The Morgan fingerprint density at radius 2 is 1.25 bits per heavy atom. The number of nitrogens with zero attached hydrogens (tertiary/aromatic N) is 1. The van der Waals surface area contributed by atoms with Gasteiger partial charge in [-0.3, -0.25) is 4.90 Å². The minimum Gasteiger partial charge on any atom is -0.395 e. The van der Waals surface area contributed by atoms with Gasteiger partial charge in [0.15, 0.2) is 0 Å². The van der Waals surface area contributed by atoms with Gasteiger partial charge in [0, 0.05) is 19.1 Å². The summed E-state index contributed by atoms with van der Waals surface area (Å²) in [5.74, 6) is 0. The molecule has 0 aromatic carbocycles.